The molecule has 1 heterocycles. The zero-order valence-electron chi connectivity index (χ0n) is 15.1. The first-order valence-corrected chi connectivity index (χ1v) is 8.80. The Morgan fingerprint density at radius 1 is 1.08 bits per heavy atom. The molecular formula is C21H24N2O3. The van der Waals surface area contributed by atoms with Crippen molar-refractivity contribution < 1.29 is 14.7 Å². The molecule has 26 heavy (non-hydrogen) atoms. The minimum absolute atomic E-state index is 0.106. The lowest BCUT2D eigenvalue weighted by Crippen LogP contribution is -2.63. The Morgan fingerprint density at radius 2 is 1.65 bits per heavy atom. The second-order valence-corrected chi connectivity index (χ2v) is 7.01. The molecule has 5 heteroatoms. The van der Waals surface area contributed by atoms with Crippen molar-refractivity contribution in [3.63, 3.8) is 0 Å². The predicted octanol–water partition coefficient (Wildman–Crippen LogP) is 2.53. The first-order chi connectivity index (χ1) is 12.4. The lowest BCUT2D eigenvalue weighted by Gasteiger charge is -2.49. The average molecular weight is 352 g/mol. The second kappa shape index (κ2) is 7.30. The molecule has 3 rings (SSSR count). The van der Waals surface area contributed by atoms with Crippen LogP contribution in [0.1, 0.15) is 42.2 Å². The van der Waals surface area contributed by atoms with Gasteiger partial charge in [-0.3, -0.25) is 9.59 Å². The Morgan fingerprint density at radius 3 is 2.23 bits per heavy atom. The summed E-state index contributed by atoms with van der Waals surface area (Å²) in [6, 6.07) is 17.6. The second-order valence-electron chi connectivity index (χ2n) is 7.01. The Labute approximate surface area is 153 Å². The van der Waals surface area contributed by atoms with Crippen molar-refractivity contribution in [2.45, 2.75) is 38.0 Å². The molecule has 5 nitrogen and oxygen atoms in total. The summed E-state index contributed by atoms with van der Waals surface area (Å²) in [5.74, 6) is -0.337. The minimum atomic E-state index is -1.11. The van der Waals surface area contributed by atoms with E-state index >= 15 is 0 Å². The standard InChI is InChI=1S/C21H24N2O3/c1-15(24)22-19-18(16-9-5-3-6-10-16)23(14-13-21(19,2)26)20(25)17-11-7-4-8-12-17/h3-12,18-19,26H,13-14H2,1-2H3,(H,22,24). The zero-order chi connectivity index (χ0) is 18.7. The van der Waals surface area contributed by atoms with Crippen LogP contribution in [0, 0.1) is 0 Å². The summed E-state index contributed by atoms with van der Waals surface area (Å²) in [4.78, 5) is 26.7. The van der Waals surface area contributed by atoms with Crippen LogP contribution in [-0.4, -0.2) is 40.0 Å². The van der Waals surface area contributed by atoms with Gasteiger partial charge in [-0.05, 0) is 31.0 Å². The summed E-state index contributed by atoms with van der Waals surface area (Å²) < 4.78 is 0. The number of piperidine rings is 1. The maximum atomic E-state index is 13.2. The molecule has 1 fully saturated rings. The summed E-state index contributed by atoms with van der Waals surface area (Å²) >= 11 is 0. The van der Waals surface area contributed by atoms with Gasteiger partial charge in [0.1, 0.15) is 0 Å². The third-order valence-electron chi connectivity index (χ3n) is 4.96. The minimum Gasteiger partial charge on any atom is -0.388 e. The largest absolute Gasteiger partial charge is 0.388 e. The first kappa shape index (κ1) is 18.1. The molecule has 0 aromatic heterocycles. The number of carbonyl (C=O) groups excluding carboxylic acids is 2. The number of hydrogen-bond donors (Lipinski definition) is 2. The molecule has 2 aromatic rings. The van der Waals surface area contributed by atoms with Crippen molar-refractivity contribution in [1.82, 2.24) is 10.2 Å². The predicted molar refractivity (Wildman–Crippen MR) is 99.5 cm³/mol. The number of benzene rings is 2. The van der Waals surface area contributed by atoms with E-state index in [1.165, 1.54) is 6.92 Å². The van der Waals surface area contributed by atoms with E-state index in [1.54, 1.807) is 24.0 Å². The monoisotopic (exact) mass is 352 g/mol. The lowest BCUT2D eigenvalue weighted by molar-refractivity contribution is -0.125. The van der Waals surface area contributed by atoms with Crippen molar-refractivity contribution in [3.05, 3.63) is 71.8 Å². The van der Waals surface area contributed by atoms with Gasteiger partial charge < -0.3 is 15.3 Å². The van der Waals surface area contributed by atoms with Crippen LogP contribution in [0.25, 0.3) is 0 Å². The van der Waals surface area contributed by atoms with E-state index in [9.17, 15) is 14.7 Å². The number of rotatable bonds is 3. The quantitative estimate of drug-likeness (QED) is 0.892. The molecular weight excluding hydrogens is 328 g/mol. The van der Waals surface area contributed by atoms with E-state index in [0.717, 1.165) is 5.56 Å². The fourth-order valence-corrected chi connectivity index (χ4v) is 3.61. The number of nitrogens with one attached hydrogen (secondary N) is 1. The number of hydrogen-bond acceptors (Lipinski definition) is 3. The van der Waals surface area contributed by atoms with Crippen LogP contribution in [0.15, 0.2) is 60.7 Å². The Bertz CT molecular complexity index is 774. The van der Waals surface area contributed by atoms with Gasteiger partial charge in [0.15, 0.2) is 0 Å². The van der Waals surface area contributed by atoms with Crippen molar-refractivity contribution in [2.24, 2.45) is 0 Å². The Kier molecular flexibility index (Phi) is 5.09. The summed E-state index contributed by atoms with van der Waals surface area (Å²) in [6.07, 6.45) is 0.389. The lowest BCUT2D eigenvalue weighted by atomic mass is 9.79. The van der Waals surface area contributed by atoms with Crippen LogP contribution in [0.2, 0.25) is 0 Å². The van der Waals surface area contributed by atoms with E-state index in [-0.39, 0.29) is 11.8 Å². The zero-order valence-corrected chi connectivity index (χ0v) is 15.1. The van der Waals surface area contributed by atoms with Crippen LogP contribution < -0.4 is 5.32 Å². The maximum absolute atomic E-state index is 13.2. The van der Waals surface area contributed by atoms with Gasteiger partial charge in [-0.2, -0.15) is 0 Å². The van der Waals surface area contributed by atoms with Gasteiger partial charge in [-0.15, -0.1) is 0 Å². The maximum Gasteiger partial charge on any atom is 0.254 e. The normalized spacial score (nSPS) is 25.6. The van der Waals surface area contributed by atoms with Crippen LogP contribution >= 0.6 is 0 Å². The number of carbonyl (C=O) groups is 2. The van der Waals surface area contributed by atoms with Crippen molar-refractivity contribution in [1.29, 1.82) is 0 Å². The number of likely N-dealkylation sites (tertiary alicyclic amines) is 1. The molecule has 2 N–H and O–H groups in total. The van der Waals surface area contributed by atoms with Crippen LogP contribution in [0.3, 0.4) is 0 Å². The SMILES string of the molecule is CC(=O)NC1C(c2ccccc2)N(C(=O)c2ccccc2)CCC1(C)O. The molecule has 0 spiro atoms. The smallest absolute Gasteiger partial charge is 0.254 e. The summed E-state index contributed by atoms with van der Waals surface area (Å²) in [5, 5.41) is 13.8. The summed E-state index contributed by atoms with van der Waals surface area (Å²) in [5.41, 5.74) is 0.367. The number of amides is 2. The van der Waals surface area contributed by atoms with Crippen LogP contribution in [-0.2, 0) is 4.79 Å². The average Bonchev–Trinajstić information content (AvgIpc) is 2.64. The molecule has 0 aliphatic carbocycles. The van der Waals surface area contributed by atoms with E-state index < -0.39 is 17.7 Å². The van der Waals surface area contributed by atoms with Crippen molar-refractivity contribution >= 4 is 11.8 Å². The summed E-state index contributed by atoms with van der Waals surface area (Å²) in [7, 11) is 0. The molecule has 2 aromatic carbocycles. The Balaban J connectivity index is 2.05. The number of aliphatic hydroxyl groups is 1. The van der Waals surface area contributed by atoms with Gasteiger partial charge in [0, 0.05) is 19.0 Å². The van der Waals surface area contributed by atoms with E-state index in [1.807, 2.05) is 48.5 Å². The fraction of sp³-hybridized carbons (Fsp3) is 0.333. The van der Waals surface area contributed by atoms with E-state index in [0.29, 0.717) is 18.5 Å². The Hall–Kier alpha value is -2.66. The van der Waals surface area contributed by atoms with Crippen LogP contribution in [0.5, 0.6) is 0 Å². The van der Waals surface area contributed by atoms with Gasteiger partial charge in [-0.25, -0.2) is 0 Å². The molecule has 3 unspecified atom stereocenters. The molecule has 1 aliphatic heterocycles. The molecule has 0 bridgehead atoms. The first-order valence-electron chi connectivity index (χ1n) is 8.80. The highest BCUT2D eigenvalue weighted by Crippen LogP contribution is 2.37. The molecule has 3 atom stereocenters. The van der Waals surface area contributed by atoms with Gasteiger partial charge in [0.2, 0.25) is 5.91 Å². The van der Waals surface area contributed by atoms with Gasteiger partial charge in [-0.1, -0.05) is 48.5 Å². The molecule has 136 valence electrons. The van der Waals surface area contributed by atoms with E-state index in [2.05, 4.69) is 5.32 Å². The topological polar surface area (TPSA) is 69.6 Å². The molecule has 0 radical (unpaired) electrons. The van der Waals surface area contributed by atoms with Gasteiger partial charge in [0.25, 0.3) is 5.91 Å². The fourth-order valence-electron chi connectivity index (χ4n) is 3.61. The third-order valence-corrected chi connectivity index (χ3v) is 4.96. The van der Waals surface area contributed by atoms with E-state index in [4.69, 9.17) is 0 Å². The highest BCUT2D eigenvalue weighted by Gasteiger charge is 2.47. The van der Waals surface area contributed by atoms with Gasteiger partial charge >= 0.3 is 0 Å². The molecule has 1 aliphatic rings. The van der Waals surface area contributed by atoms with Gasteiger partial charge in [0.05, 0.1) is 17.7 Å². The molecule has 2 amide bonds. The molecule has 0 saturated carbocycles. The highest BCUT2D eigenvalue weighted by molar-refractivity contribution is 5.94. The van der Waals surface area contributed by atoms with Crippen molar-refractivity contribution in [3.8, 4) is 0 Å². The van der Waals surface area contributed by atoms with Crippen LogP contribution in [0.4, 0.5) is 0 Å². The van der Waals surface area contributed by atoms with Crippen molar-refractivity contribution in [2.75, 3.05) is 6.54 Å². The molecule has 1 saturated heterocycles. The number of nitrogens with zero attached hydrogens (tertiary/aromatic N) is 1. The summed E-state index contributed by atoms with van der Waals surface area (Å²) in [6.45, 7) is 3.56. The third kappa shape index (κ3) is 3.63. The highest BCUT2D eigenvalue weighted by atomic mass is 16.3.